The first-order chi connectivity index (χ1) is 15.0. The van der Waals surface area contributed by atoms with Crippen molar-refractivity contribution in [1.82, 2.24) is 19.9 Å². The standard InChI is InChI=1S/C24H33N5O2/c1-16(2)30-20-11-18(12-21(13-20)31-17(3)4)14-29-9-6-19(7-10-29)28-24-22-5-8-25-23(22)26-15-27-24/h5,8,11-13,15-17,19H,6-7,9-10,14H2,1-4H3,(H2,25,26,27,28). The Labute approximate surface area is 184 Å². The molecule has 1 aliphatic heterocycles. The van der Waals surface area contributed by atoms with E-state index in [1.54, 1.807) is 6.33 Å². The molecule has 0 amide bonds. The Kier molecular flexibility index (Phi) is 6.61. The minimum atomic E-state index is 0.136. The lowest BCUT2D eigenvalue weighted by Gasteiger charge is -2.32. The van der Waals surface area contributed by atoms with E-state index in [1.807, 2.05) is 46.0 Å². The molecule has 1 saturated heterocycles. The predicted molar refractivity (Wildman–Crippen MR) is 124 cm³/mol. The molecule has 3 heterocycles. The molecule has 166 valence electrons. The molecular weight excluding hydrogens is 390 g/mol. The van der Waals surface area contributed by atoms with Crippen LogP contribution in [0.15, 0.2) is 36.8 Å². The van der Waals surface area contributed by atoms with Crippen LogP contribution in [0.4, 0.5) is 5.82 Å². The zero-order valence-electron chi connectivity index (χ0n) is 18.9. The van der Waals surface area contributed by atoms with Gasteiger partial charge in [0.1, 0.15) is 29.3 Å². The number of nitrogens with zero attached hydrogens (tertiary/aromatic N) is 3. The van der Waals surface area contributed by atoms with E-state index >= 15 is 0 Å². The summed E-state index contributed by atoms with van der Waals surface area (Å²) >= 11 is 0. The second-order valence-corrected chi connectivity index (χ2v) is 8.80. The minimum Gasteiger partial charge on any atom is -0.491 e. The number of nitrogens with one attached hydrogen (secondary N) is 2. The largest absolute Gasteiger partial charge is 0.491 e. The van der Waals surface area contributed by atoms with Gasteiger partial charge in [-0.3, -0.25) is 4.90 Å². The maximum absolute atomic E-state index is 5.96. The average molecular weight is 424 g/mol. The molecular formula is C24H33N5O2. The van der Waals surface area contributed by atoms with Crippen molar-refractivity contribution in [3.63, 3.8) is 0 Å². The number of benzene rings is 1. The molecule has 0 spiro atoms. The van der Waals surface area contributed by atoms with Gasteiger partial charge in [-0.05, 0) is 64.3 Å². The molecule has 7 nitrogen and oxygen atoms in total. The van der Waals surface area contributed by atoms with Gasteiger partial charge >= 0.3 is 0 Å². The Balaban J connectivity index is 1.37. The lowest BCUT2D eigenvalue weighted by molar-refractivity contribution is 0.207. The van der Waals surface area contributed by atoms with E-state index in [9.17, 15) is 0 Å². The van der Waals surface area contributed by atoms with Crippen LogP contribution < -0.4 is 14.8 Å². The van der Waals surface area contributed by atoms with Crippen LogP contribution >= 0.6 is 0 Å². The Hall–Kier alpha value is -2.80. The van der Waals surface area contributed by atoms with Crippen LogP contribution in [0.1, 0.15) is 46.1 Å². The Bertz CT molecular complexity index is 964. The summed E-state index contributed by atoms with van der Waals surface area (Å²) in [6.45, 7) is 11.2. The maximum atomic E-state index is 5.96. The first-order valence-electron chi connectivity index (χ1n) is 11.2. The lowest BCUT2D eigenvalue weighted by atomic mass is 10.0. The summed E-state index contributed by atoms with van der Waals surface area (Å²) in [5.74, 6) is 2.66. The highest BCUT2D eigenvalue weighted by molar-refractivity contribution is 5.86. The number of aromatic nitrogens is 3. The van der Waals surface area contributed by atoms with Gasteiger partial charge in [0, 0.05) is 37.9 Å². The van der Waals surface area contributed by atoms with Crippen molar-refractivity contribution in [1.29, 1.82) is 0 Å². The monoisotopic (exact) mass is 423 g/mol. The first-order valence-corrected chi connectivity index (χ1v) is 11.2. The fraction of sp³-hybridized carbons (Fsp3) is 0.500. The summed E-state index contributed by atoms with van der Waals surface area (Å²) in [6, 6.07) is 8.71. The molecule has 0 bridgehead atoms. The summed E-state index contributed by atoms with van der Waals surface area (Å²) in [5.41, 5.74) is 2.10. The van der Waals surface area contributed by atoms with Crippen molar-refractivity contribution in [2.75, 3.05) is 18.4 Å². The quantitative estimate of drug-likeness (QED) is 0.551. The number of H-pyrrole nitrogens is 1. The van der Waals surface area contributed by atoms with Crippen molar-refractivity contribution in [3.05, 3.63) is 42.4 Å². The molecule has 2 aromatic heterocycles. The molecule has 3 aromatic rings. The fourth-order valence-corrected chi connectivity index (χ4v) is 4.08. The molecule has 0 unspecified atom stereocenters. The predicted octanol–water partition coefficient (Wildman–Crippen LogP) is 4.61. The average Bonchev–Trinajstić information content (AvgIpc) is 3.18. The van der Waals surface area contributed by atoms with Gasteiger partial charge in [-0.2, -0.15) is 0 Å². The fourth-order valence-electron chi connectivity index (χ4n) is 4.08. The summed E-state index contributed by atoms with van der Waals surface area (Å²) < 4.78 is 11.9. The van der Waals surface area contributed by atoms with Crippen molar-refractivity contribution in [2.24, 2.45) is 0 Å². The van der Waals surface area contributed by atoms with Gasteiger partial charge in [-0.1, -0.05) is 0 Å². The van der Waals surface area contributed by atoms with Gasteiger partial charge in [-0.25, -0.2) is 9.97 Å². The second kappa shape index (κ2) is 9.56. The SMILES string of the molecule is CC(C)Oc1cc(CN2CCC(Nc3ncnc4[nH]ccc34)CC2)cc(OC(C)C)c1. The third-order valence-corrected chi connectivity index (χ3v) is 5.37. The number of likely N-dealkylation sites (tertiary alicyclic amines) is 1. The number of anilines is 1. The highest BCUT2D eigenvalue weighted by Gasteiger charge is 2.21. The van der Waals surface area contributed by atoms with Gasteiger partial charge < -0.3 is 19.8 Å². The zero-order valence-corrected chi connectivity index (χ0v) is 18.9. The molecule has 31 heavy (non-hydrogen) atoms. The minimum absolute atomic E-state index is 0.136. The molecule has 0 saturated carbocycles. The van der Waals surface area contributed by atoms with E-state index in [0.717, 1.165) is 60.8 Å². The van der Waals surface area contributed by atoms with Crippen LogP contribution in [0.3, 0.4) is 0 Å². The third kappa shape index (κ3) is 5.67. The number of fused-ring (bicyclic) bond motifs is 1. The normalized spacial score (nSPS) is 15.7. The number of piperidine rings is 1. The molecule has 1 fully saturated rings. The third-order valence-electron chi connectivity index (χ3n) is 5.37. The van der Waals surface area contributed by atoms with Crippen LogP contribution in [0.2, 0.25) is 0 Å². The smallest absolute Gasteiger partial charge is 0.142 e. The Morgan fingerprint density at radius 3 is 2.35 bits per heavy atom. The summed E-state index contributed by atoms with van der Waals surface area (Å²) in [6.07, 6.45) is 5.94. The summed E-state index contributed by atoms with van der Waals surface area (Å²) in [7, 11) is 0. The van der Waals surface area contributed by atoms with E-state index in [2.05, 4.69) is 37.3 Å². The van der Waals surface area contributed by atoms with Crippen molar-refractivity contribution < 1.29 is 9.47 Å². The topological polar surface area (TPSA) is 75.3 Å². The molecule has 7 heteroatoms. The second-order valence-electron chi connectivity index (χ2n) is 8.80. The van der Waals surface area contributed by atoms with Crippen LogP contribution in [0, 0.1) is 0 Å². The number of hydrogen-bond acceptors (Lipinski definition) is 6. The van der Waals surface area contributed by atoms with E-state index in [4.69, 9.17) is 9.47 Å². The van der Waals surface area contributed by atoms with Crippen LogP contribution in [0.25, 0.3) is 11.0 Å². The van der Waals surface area contributed by atoms with Crippen LogP contribution in [-0.4, -0.2) is 51.2 Å². The van der Waals surface area contributed by atoms with Crippen molar-refractivity contribution in [2.45, 2.75) is 65.3 Å². The van der Waals surface area contributed by atoms with Gasteiger partial charge in [-0.15, -0.1) is 0 Å². The molecule has 1 aromatic carbocycles. The van der Waals surface area contributed by atoms with E-state index in [-0.39, 0.29) is 12.2 Å². The van der Waals surface area contributed by atoms with E-state index < -0.39 is 0 Å². The first kappa shape index (κ1) is 21.4. The Morgan fingerprint density at radius 1 is 1.03 bits per heavy atom. The maximum Gasteiger partial charge on any atom is 0.142 e. The van der Waals surface area contributed by atoms with Gasteiger partial charge in [0.05, 0.1) is 17.6 Å². The van der Waals surface area contributed by atoms with Crippen molar-refractivity contribution >= 4 is 16.9 Å². The Morgan fingerprint density at radius 2 is 1.71 bits per heavy atom. The highest BCUT2D eigenvalue weighted by atomic mass is 16.5. The number of rotatable bonds is 8. The molecule has 0 radical (unpaired) electrons. The van der Waals surface area contributed by atoms with Crippen molar-refractivity contribution in [3.8, 4) is 11.5 Å². The van der Waals surface area contributed by atoms with E-state index in [0.29, 0.717) is 6.04 Å². The molecule has 0 aliphatic carbocycles. The van der Waals surface area contributed by atoms with Crippen LogP contribution in [0.5, 0.6) is 11.5 Å². The zero-order chi connectivity index (χ0) is 21.8. The summed E-state index contributed by atoms with van der Waals surface area (Å²) in [4.78, 5) is 14.4. The molecule has 0 atom stereocenters. The lowest BCUT2D eigenvalue weighted by Crippen LogP contribution is -2.38. The van der Waals surface area contributed by atoms with Crippen LogP contribution in [-0.2, 0) is 6.54 Å². The molecule has 2 N–H and O–H groups in total. The summed E-state index contributed by atoms with van der Waals surface area (Å²) in [5, 5.41) is 4.66. The van der Waals surface area contributed by atoms with Gasteiger partial charge in [0.25, 0.3) is 0 Å². The van der Waals surface area contributed by atoms with E-state index in [1.165, 1.54) is 5.56 Å². The molecule has 4 rings (SSSR count). The molecule has 1 aliphatic rings. The number of hydrogen-bond donors (Lipinski definition) is 2. The number of ether oxygens (including phenoxy) is 2. The van der Waals surface area contributed by atoms with Gasteiger partial charge in [0.15, 0.2) is 0 Å². The highest BCUT2D eigenvalue weighted by Crippen LogP contribution is 2.27. The number of aromatic amines is 1. The van der Waals surface area contributed by atoms with Gasteiger partial charge in [0.2, 0.25) is 0 Å².